The molecule has 3 aromatic carbocycles. The summed E-state index contributed by atoms with van der Waals surface area (Å²) in [6.07, 6.45) is 0. The van der Waals surface area contributed by atoms with Crippen molar-refractivity contribution in [2.45, 2.75) is 19.0 Å². The number of hydrogen-bond donors (Lipinski definition) is 4. The van der Waals surface area contributed by atoms with Crippen LogP contribution >= 0.6 is 0 Å². The third-order valence-corrected chi connectivity index (χ3v) is 6.01. The first-order valence-corrected chi connectivity index (χ1v) is 10.4. The highest BCUT2D eigenvalue weighted by molar-refractivity contribution is 6.08. The highest BCUT2D eigenvalue weighted by Gasteiger charge is 2.43. The first-order chi connectivity index (χ1) is 15.9. The normalized spacial score (nSPS) is 17.7. The van der Waals surface area contributed by atoms with E-state index in [1.807, 2.05) is 6.07 Å². The van der Waals surface area contributed by atoms with Crippen molar-refractivity contribution < 1.29 is 14.4 Å². The van der Waals surface area contributed by atoms with E-state index in [4.69, 9.17) is 0 Å². The summed E-state index contributed by atoms with van der Waals surface area (Å²) in [6, 6.07) is 18.8. The molecule has 164 valence electrons. The molecule has 0 spiro atoms. The Morgan fingerprint density at radius 2 is 1.64 bits per heavy atom. The number of aromatic amines is 1. The highest BCUT2D eigenvalue weighted by atomic mass is 16.2. The summed E-state index contributed by atoms with van der Waals surface area (Å²) in [7, 11) is 0. The van der Waals surface area contributed by atoms with Crippen LogP contribution in [0.5, 0.6) is 0 Å². The standard InChI is InChI=1S/C25H20N4O4/c1-25(23(32)28-24(33)29-25)15-11-9-14(10-12-15)13-26-22(31)18-7-4-6-17-20(18)27-19-8-3-2-5-16(19)21(17)30/h2-12H,13H2,1H3,(H,26,31)(H,27,30)(H2,28,29,32,33). The van der Waals surface area contributed by atoms with Crippen LogP contribution in [0.3, 0.4) is 0 Å². The number of para-hydroxylation sites is 2. The first kappa shape index (κ1) is 20.4. The molecule has 1 atom stereocenters. The molecule has 0 saturated carbocycles. The molecule has 5 rings (SSSR count). The summed E-state index contributed by atoms with van der Waals surface area (Å²) in [5, 5.41) is 8.77. The maximum atomic E-state index is 13.0. The number of aromatic nitrogens is 1. The van der Waals surface area contributed by atoms with Gasteiger partial charge in [-0.3, -0.25) is 19.7 Å². The predicted octanol–water partition coefficient (Wildman–Crippen LogP) is 2.67. The molecule has 1 fully saturated rings. The Balaban J connectivity index is 1.38. The number of urea groups is 1. The molecule has 1 aromatic heterocycles. The van der Waals surface area contributed by atoms with E-state index in [9.17, 15) is 19.2 Å². The van der Waals surface area contributed by atoms with Gasteiger partial charge in [0.1, 0.15) is 5.54 Å². The Bertz CT molecular complexity index is 1510. The molecule has 0 bridgehead atoms. The Morgan fingerprint density at radius 1 is 0.909 bits per heavy atom. The van der Waals surface area contributed by atoms with Crippen LogP contribution in [0.1, 0.15) is 28.4 Å². The van der Waals surface area contributed by atoms with Crippen LogP contribution < -0.4 is 21.4 Å². The lowest BCUT2D eigenvalue weighted by atomic mass is 9.91. The molecule has 4 N–H and O–H groups in total. The van der Waals surface area contributed by atoms with Gasteiger partial charge in [0.05, 0.1) is 11.1 Å². The molecule has 1 aliphatic rings. The van der Waals surface area contributed by atoms with Crippen molar-refractivity contribution in [3.05, 3.63) is 93.6 Å². The summed E-state index contributed by atoms with van der Waals surface area (Å²) >= 11 is 0. The zero-order valence-electron chi connectivity index (χ0n) is 17.7. The van der Waals surface area contributed by atoms with Crippen molar-refractivity contribution in [3.8, 4) is 0 Å². The van der Waals surface area contributed by atoms with Crippen LogP contribution in [0.2, 0.25) is 0 Å². The Kier molecular flexibility index (Phi) is 4.70. The van der Waals surface area contributed by atoms with Gasteiger partial charge in [-0.15, -0.1) is 0 Å². The third kappa shape index (κ3) is 3.41. The fourth-order valence-electron chi connectivity index (χ4n) is 4.12. The van der Waals surface area contributed by atoms with Crippen LogP contribution in [-0.4, -0.2) is 22.8 Å². The molecular formula is C25H20N4O4. The van der Waals surface area contributed by atoms with E-state index in [0.717, 1.165) is 5.56 Å². The second-order valence-corrected chi connectivity index (χ2v) is 8.14. The average molecular weight is 440 g/mol. The second-order valence-electron chi connectivity index (χ2n) is 8.14. The van der Waals surface area contributed by atoms with Gasteiger partial charge in [0.2, 0.25) is 0 Å². The molecule has 1 aliphatic heterocycles. The van der Waals surface area contributed by atoms with Gasteiger partial charge in [0.25, 0.3) is 11.8 Å². The van der Waals surface area contributed by atoms with Gasteiger partial charge in [0, 0.05) is 22.8 Å². The number of carbonyl (C=O) groups is 3. The summed E-state index contributed by atoms with van der Waals surface area (Å²) in [5.41, 5.74) is 1.74. The summed E-state index contributed by atoms with van der Waals surface area (Å²) in [4.78, 5) is 52.6. The molecule has 8 nitrogen and oxygen atoms in total. The van der Waals surface area contributed by atoms with E-state index >= 15 is 0 Å². The van der Waals surface area contributed by atoms with E-state index in [-0.39, 0.29) is 17.9 Å². The summed E-state index contributed by atoms with van der Waals surface area (Å²) in [5.74, 6) is -0.726. The number of rotatable bonds is 4. The van der Waals surface area contributed by atoms with Crippen LogP contribution in [-0.2, 0) is 16.9 Å². The molecule has 0 aliphatic carbocycles. The number of benzene rings is 3. The molecule has 8 heteroatoms. The lowest BCUT2D eigenvalue weighted by Crippen LogP contribution is -2.40. The molecule has 4 aromatic rings. The van der Waals surface area contributed by atoms with Gasteiger partial charge in [0.15, 0.2) is 5.43 Å². The van der Waals surface area contributed by atoms with E-state index in [0.29, 0.717) is 32.9 Å². The van der Waals surface area contributed by atoms with Gasteiger partial charge < -0.3 is 15.6 Å². The van der Waals surface area contributed by atoms with Gasteiger partial charge in [-0.2, -0.15) is 0 Å². The number of carbonyl (C=O) groups excluding carboxylic acids is 3. The Morgan fingerprint density at radius 3 is 2.36 bits per heavy atom. The minimum absolute atomic E-state index is 0.124. The third-order valence-electron chi connectivity index (χ3n) is 6.01. The van der Waals surface area contributed by atoms with E-state index in [1.54, 1.807) is 67.6 Å². The molecular weight excluding hydrogens is 420 g/mol. The Hall–Kier alpha value is -4.46. The van der Waals surface area contributed by atoms with Crippen molar-refractivity contribution in [1.29, 1.82) is 0 Å². The van der Waals surface area contributed by atoms with Gasteiger partial charge in [-0.1, -0.05) is 42.5 Å². The van der Waals surface area contributed by atoms with E-state index < -0.39 is 17.5 Å². The summed E-state index contributed by atoms with van der Waals surface area (Å²) in [6.45, 7) is 1.89. The first-order valence-electron chi connectivity index (χ1n) is 10.4. The molecule has 0 radical (unpaired) electrons. The van der Waals surface area contributed by atoms with Crippen LogP contribution in [0.15, 0.2) is 71.5 Å². The molecule has 33 heavy (non-hydrogen) atoms. The topological polar surface area (TPSA) is 120 Å². The number of hydrogen-bond acceptors (Lipinski definition) is 4. The molecule has 1 unspecified atom stereocenters. The van der Waals surface area contributed by atoms with Gasteiger partial charge >= 0.3 is 6.03 Å². The quantitative estimate of drug-likeness (QED) is 0.288. The maximum Gasteiger partial charge on any atom is 0.322 e. The fraction of sp³-hybridized carbons (Fsp3) is 0.120. The van der Waals surface area contributed by atoms with E-state index in [1.165, 1.54) is 0 Å². The molecule has 2 heterocycles. The van der Waals surface area contributed by atoms with Gasteiger partial charge in [-0.05, 0) is 42.3 Å². The number of H-pyrrole nitrogens is 1. The highest BCUT2D eigenvalue weighted by Crippen LogP contribution is 2.24. The lowest BCUT2D eigenvalue weighted by Gasteiger charge is -2.21. The van der Waals surface area contributed by atoms with Crippen LogP contribution in [0.25, 0.3) is 21.8 Å². The van der Waals surface area contributed by atoms with Crippen molar-refractivity contribution in [3.63, 3.8) is 0 Å². The molecule has 1 saturated heterocycles. The van der Waals surface area contributed by atoms with Gasteiger partial charge in [-0.25, -0.2) is 4.79 Å². The fourth-order valence-corrected chi connectivity index (χ4v) is 4.12. The van der Waals surface area contributed by atoms with Crippen LogP contribution in [0, 0.1) is 0 Å². The number of pyridine rings is 1. The largest absolute Gasteiger partial charge is 0.354 e. The number of imide groups is 1. The van der Waals surface area contributed by atoms with Crippen LogP contribution in [0.4, 0.5) is 4.79 Å². The number of amides is 4. The van der Waals surface area contributed by atoms with Crippen molar-refractivity contribution >= 4 is 39.7 Å². The average Bonchev–Trinajstić information content (AvgIpc) is 3.09. The molecule has 4 amide bonds. The van der Waals surface area contributed by atoms with Crippen molar-refractivity contribution in [1.82, 2.24) is 20.9 Å². The zero-order chi connectivity index (χ0) is 23.2. The predicted molar refractivity (Wildman–Crippen MR) is 124 cm³/mol. The Labute approximate surface area is 188 Å². The SMILES string of the molecule is CC1(c2ccc(CNC(=O)c3cccc4c(=O)c5ccccc5[nH]c34)cc2)NC(=O)NC1=O. The maximum absolute atomic E-state index is 13.0. The van der Waals surface area contributed by atoms with Crippen molar-refractivity contribution in [2.24, 2.45) is 0 Å². The zero-order valence-corrected chi connectivity index (χ0v) is 17.7. The second kappa shape index (κ2) is 7.59. The van der Waals surface area contributed by atoms with Crippen molar-refractivity contribution in [2.75, 3.05) is 0 Å². The minimum atomic E-state index is -1.13. The lowest BCUT2D eigenvalue weighted by molar-refractivity contribution is -0.123. The minimum Gasteiger partial charge on any atom is -0.354 e. The van der Waals surface area contributed by atoms with E-state index in [2.05, 4.69) is 20.9 Å². The smallest absolute Gasteiger partial charge is 0.322 e. The monoisotopic (exact) mass is 440 g/mol. The number of fused-ring (bicyclic) bond motifs is 2. The summed E-state index contributed by atoms with van der Waals surface area (Å²) < 4.78 is 0. The number of nitrogens with one attached hydrogen (secondary N) is 4.